The minimum atomic E-state index is -0.322. The Hall–Kier alpha value is -1.00. The quantitative estimate of drug-likeness (QED) is 0.774. The van der Waals surface area contributed by atoms with Crippen LogP contribution in [0.4, 0.5) is 4.39 Å². The summed E-state index contributed by atoms with van der Waals surface area (Å²) in [6.07, 6.45) is 2.00. The van der Waals surface area contributed by atoms with Gasteiger partial charge < -0.3 is 0 Å². The van der Waals surface area contributed by atoms with Crippen molar-refractivity contribution < 1.29 is 4.39 Å². The maximum absolute atomic E-state index is 13.8. The second-order valence-electron chi connectivity index (χ2n) is 3.47. The second-order valence-corrected chi connectivity index (χ2v) is 4.74. The lowest BCUT2D eigenvalue weighted by Crippen LogP contribution is -1.97. The number of aromatic nitrogens is 2. The van der Waals surface area contributed by atoms with Gasteiger partial charge in [0.25, 0.3) is 0 Å². The number of nitrogens with zero attached hydrogens (tertiary/aromatic N) is 2. The van der Waals surface area contributed by atoms with Crippen molar-refractivity contribution >= 4 is 27.5 Å². The van der Waals surface area contributed by atoms with Gasteiger partial charge in [-0.25, -0.2) is 14.4 Å². The van der Waals surface area contributed by atoms with Gasteiger partial charge in [-0.1, -0.05) is 34.5 Å². The van der Waals surface area contributed by atoms with E-state index in [4.69, 9.17) is 11.6 Å². The zero-order chi connectivity index (χ0) is 12.4. The van der Waals surface area contributed by atoms with Gasteiger partial charge in [-0.3, -0.25) is 0 Å². The Morgan fingerprint density at radius 1 is 1.35 bits per heavy atom. The lowest BCUT2D eigenvalue weighted by atomic mass is 10.1. The van der Waals surface area contributed by atoms with Crippen LogP contribution in [0, 0.1) is 5.82 Å². The molecule has 1 aromatic heterocycles. The molecule has 1 heterocycles. The predicted molar refractivity (Wildman–Crippen MR) is 69.5 cm³/mol. The van der Waals surface area contributed by atoms with E-state index < -0.39 is 0 Å². The first-order valence-electron chi connectivity index (χ1n) is 5.08. The maximum Gasteiger partial charge on any atom is 0.136 e. The molecule has 0 aliphatic rings. The molecule has 0 spiro atoms. The first-order valence-corrected chi connectivity index (χ1v) is 6.25. The van der Waals surface area contributed by atoms with E-state index in [1.165, 1.54) is 12.4 Å². The molecule has 0 radical (unpaired) electrons. The molecule has 0 saturated heterocycles. The number of hydrogen-bond donors (Lipinski definition) is 0. The molecule has 0 unspecified atom stereocenters. The lowest BCUT2D eigenvalue weighted by Gasteiger charge is -2.09. The second kappa shape index (κ2) is 5.10. The highest BCUT2D eigenvalue weighted by atomic mass is 79.9. The van der Waals surface area contributed by atoms with Crippen molar-refractivity contribution in [2.24, 2.45) is 0 Å². The van der Waals surface area contributed by atoms with E-state index in [1.54, 1.807) is 12.1 Å². The molecule has 0 fully saturated rings. The fourth-order valence-electron chi connectivity index (χ4n) is 1.62. The van der Waals surface area contributed by atoms with Crippen LogP contribution < -0.4 is 0 Å². The summed E-state index contributed by atoms with van der Waals surface area (Å²) in [5.74, 6) is -0.322. The van der Waals surface area contributed by atoms with E-state index in [-0.39, 0.29) is 5.82 Å². The van der Waals surface area contributed by atoms with Crippen molar-refractivity contribution in [1.82, 2.24) is 9.97 Å². The van der Waals surface area contributed by atoms with Gasteiger partial charge >= 0.3 is 0 Å². The van der Waals surface area contributed by atoms with E-state index >= 15 is 0 Å². The van der Waals surface area contributed by atoms with Crippen LogP contribution >= 0.6 is 27.5 Å². The van der Waals surface area contributed by atoms with Crippen LogP contribution in [0.3, 0.4) is 0 Å². The Morgan fingerprint density at radius 3 is 2.82 bits per heavy atom. The van der Waals surface area contributed by atoms with Gasteiger partial charge in [-0.15, -0.1) is 0 Å². The van der Waals surface area contributed by atoms with Gasteiger partial charge in [0, 0.05) is 15.6 Å². The number of benzene rings is 1. The average molecular weight is 316 g/mol. The van der Waals surface area contributed by atoms with Gasteiger partial charge in [0.15, 0.2) is 0 Å². The van der Waals surface area contributed by atoms with Crippen molar-refractivity contribution in [1.29, 1.82) is 0 Å². The summed E-state index contributed by atoms with van der Waals surface area (Å²) in [5.41, 5.74) is 1.73. The highest BCUT2D eigenvalue weighted by molar-refractivity contribution is 9.10. The summed E-state index contributed by atoms with van der Waals surface area (Å²) in [6.45, 7) is 1.93. The van der Waals surface area contributed by atoms with E-state index in [9.17, 15) is 4.39 Å². The lowest BCUT2D eigenvalue weighted by molar-refractivity contribution is 0.630. The topological polar surface area (TPSA) is 25.8 Å². The molecule has 0 atom stereocenters. The molecule has 88 valence electrons. The number of rotatable bonds is 2. The van der Waals surface area contributed by atoms with E-state index in [1.807, 2.05) is 6.92 Å². The van der Waals surface area contributed by atoms with Crippen LogP contribution in [-0.2, 0) is 6.42 Å². The fourth-order valence-corrected chi connectivity index (χ4v) is 2.24. The SMILES string of the molecule is CCc1c(Cl)ncnc1-c1cc(Br)ccc1F. The van der Waals surface area contributed by atoms with Gasteiger partial charge in [0.1, 0.15) is 17.3 Å². The zero-order valence-corrected chi connectivity index (χ0v) is 11.4. The summed E-state index contributed by atoms with van der Waals surface area (Å²) in [6, 6.07) is 4.73. The Kier molecular flexibility index (Phi) is 3.74. The molecule has 0 bridgehead atoms. The molecule has 0 saturated carbocycles. The van der Waals surface area contributed by atoms with Gasteiger partial charge in [-0.2, -0.15) is 0 Å². The monoisotopic (exact) mass is 314 g/mol. The molecule has 2 nitrogen and oxygen atoms in total. The van der Waals surface area contributed by atoms with E-state index in [0.29, 0.717) is 22.8 Å². The fraction of sp³-hybridized carbons (Fsp3) is 0.167. The maximum atomic E-state index is 13.8. The molecule has 2 aromatic rings. The van der Waals surface area contributed by atoms with Crippen LogP contribution in [0.2, 0.25) is 5.15 Å². The normalized spacial score (nSPS) is 10.6. The smallest absolute Gasteiger partial charge is 0.136 e. The van der Waals surface area contributed by atoms with Crippen molar-refractivity contribution in [3.63, 3.8) is 0 Å². The van der Waals surface area contributed by atoms with E-state index in [0.717, 1.165) is 10.0 Å². The van der Waals surface area contributed by atoms with Crippen LogP contribution in [0.1, 0.15) is 12.5 Å². The van der Waals surface area contributed by atoms with Gasteiger partial charge in [0.2, 0.25) is 0 Å². The molecule has 17 heavy (non-hydrogen) atoms. The molecule has 1 aromatic carbocycles. The molecule has 0 aliphatic heterocycles. The molecule has 0 aliphatic carbocycles. The molecule has 0 amide bonds. The third kappa shape index (κ3) is 2.48. The van der Waals surface area contributed by atoms with Crippen LogP contribution in [0.15, 0.2) is 29.0 Å². The van der Waals surface area contributed by atoms with Crippen molar-refractivity contribution in [3.05, 3.63) is 45.5 Å². The third-order valence-corrected chi connectivity index (χ3v) is 3.25. The minimum absolute atomic E-state index is 0.322. The molecular formula is C12H9BrClFN2. The molecule has 2 rings (SSSR count). The average Bonchev–Trinajstić information content (AvgIpc) is 2.32. The number of hydrogen-bond acceptors (Lipinski definition) is 2. The van der Waals surface area contributed by atoms with Gasteiger partial charge in [-0.05, 0) is 24.6 Å². The third-order valence-electron chi connectivity index (χ3n) is 2.43. The number of halogens is 3. The van der Waals surface area contributed by atoms with Crippen molar-refractivity contribution in [3.8, 4) is 11.3 Å². The largest absolute Gasteiger partial charge is 0.236 e. The minimum Gasteiger partial charge on any atom is -0.236 e. The van der Waals surface area contributed by atoms with Gasteiger partial charge in [0.05, 0.1) is 5.69 Å². The van der Waals surface area contributed by atoms with Crippen LogP contribution in [0.5, 0.6) is 0 Å². The van der Waals surface area contributed by atoms with Crippen molar-refractivity contribution in [2.75, 3.05) is 0 Å². The van der Waals surface area contributed by atoms with Crippen LogP contribution in [0.25, 0.3) is 11.3 Å². The Balaban J connectivity index is 2.68. The van der Waals surface area contributed by atoms with E-state index in [2.05, 4.69) is 25.9 Å². The Labute approximate surface area is 112 Å². The summed E-state index contributed by atoms with van der Waals surface area (Å²) >= 11 is 9.30. The Bertz CT molecular complexity index is 560. The highest BCUT2D eigenvalue weighted by Gasteiger charge is 2.14. The summed E-state index contributed by atoms with van der Waals surface area (Å²) in [7, 11) is 0. The summed E-state index contributed by atoms with van der Waals surface area (Å²) in [5, 5.41) is 0.372. The molecular weight excluding hydrogens is 307 g/mol. The first-order chi connectivity index (χ1) is 8.13. The predicted octanol–water partition coefficient (Wildman–Crippen LogP) is 4.26. The highest BCUT2D eigenvalue weighted by Crippen LogP contribution is 2.30. The van der Waals surface area contributed by atoms with Crippen LogP contribution in [-0.4, -0.2) is 9.97 Å². The Morgan fingerprint density at radius 2 is 2.12 bits per heavy atom. The zero-order valence-electron chi connectivity index (χ0n) is 9.04. The first kappa shape index (κ1) is 12.5. The molecule has 0 N–H and O–H groups in total. The summed E-state index contributed by atoms with van der Waals surface area (Å²) < 4.78 is 14.6. The van der Waals surface area contributed by atoms with Crippen molar-refractivity contribution in [2.45, 2.75) is 13.3 Å². The standard InChI is InChI=1S/C12H9BrClFN2/c1-2-8-11(16-6-17-12(8)14)9-5-7(13)3-4-10(9)15/h3-6H,2H2,1H3. The summed E-state index contributed by atoms with van der Waals surface area (Å²) in [4.78, 5) is 8.03. The molecule has 5 heteroatoms.